The summed E-state index contributed by atoms with van der Waals surface area (Å²) >= 11 is 0. The highest BCUT2D eigenvalue weighted by Crippen LogP contribution is 2.35. The number of aromatic nitrogens is 4. The Kier molecular flexibility index (Phi) is 4.78. The molecule has 2 bridgehead atoms. The zero-order chi connectivity index (χ0) is 21.8. The number of hydrogen-bond donors (Lipinski definition) is 2. The van der Waals surface area contributed by atoms with E-state index in [1.54, 1.807) is 7.11 Å². The van der Waals surface area contributed by atoms with Crippen LogP contribution in [0.5, 0.6) is 6.01 Å². The number of ether oxygens (including phenoxy) is 2. The van der Waals surface area contributed by atoms with Gasteiger partial charge in [0.05, 0.1) is 43.7 Å². The van der Waals surface area contributed by atoms with Crippen LogP contribution in [-0.4, -0.2) is 76.5 Å². The highest BCUT2D eigenvalue weighted by molar-refractivity contribution is 5.82. The molecule has 1 aromatic carbocycles. The van der Waals surface area contributed by atoms with Crippen molar-refractivity contribution in [3.8, 4) is 11.8 Å². The van der Waals surface area contributed by atoms with Gasteiger partial charge in [-0.25, -0.2) is 4.68 Å². The van der Waals surface area contributed by atoms with Crippen molar-refractivity contribution in [2.24, 2.45) is 0 Å². The third-order valence-electron chi connectivity index (χ3n) is 7.08. The Morgan fingerprint density at radius 2 is 2.09 bits per heavy atom. The van der Waals surface area contributed by atoms with Crippen molar-refractivity contribution < 1.29 is 14.6 Å². The molecule has 2 aromatic heterocycles. The molecule has 6 rings (SSSR count). The summed E-state index contributed by atoms with van der Waals surface area (Å²) in [6.45, 7) is 5.21. The van der Waals surface area contributed by atoms with E-state index < -0.39 is 6.10 Å². The summed E-state index contributed by atoms with van der Waals surface area (Å²) in [4.78, 5) is 11.5. The minimum atomic E-state index is -0.394. The maximum atomic E-state index is 10.6. The maximum absolute atomic E-state index is 10.6. The van der Waals surface area contributed by atoms with Crippen LogP contribution in [0, 0.1) is 6.92 Å². The minimum Gasteiger partial charge on any atom is -0.467 e. The lowest BCUT2D eigenvalue weighted by Gasteiger charge is -2.30. The van der Waals surface area contributed by atoms with E-state index in [2.05, 4.69) is 44.3 Å². The molecule has 3 aliphatic rings. The van der Waals surface area contributed by atoms with Crippen LogP contribution in [0.4, 0.5) is 5.82 Å². The molecule has 5 heterocycles. The lowest BCUT2D eigenvalue weighted by atomic mass is 9.85. The SMILES string of the molecule is COc1nc(N2C[C@H]3C[C@@H]2CO3)cc(-n2ncc3cc(C)c([C@@H]4CCNC[C@@H]4O)cc32)n1. The Morgan fingerprint density at radius 1 is 1.22 bits per heavy atom. The lowest BCUT2D eigenvalue weighted by Crippen LogP contribution is -2.39. The number of aryl methyl sites for hydroxylation is 1. The number of nitrogens with one attached hydrogen (secondary N) is 1. The smallest absolute Gasteiger partial charge is 0.320 e. The van der Waals surface area contributed by atoms with E-state index in [0.29, 0.717) is 24.4 Å². The van der Waals surface area contributed by atoms with Crippen LogP contribution in [0.1, 0.15) is 29.9 Å². The van der Waals surface area contributed by atoms with Crippen molar-refractivity contribution in [1.29, 1.82) is 0 Å². The largest absolute Gasteiger partial charge is 0.467 e. The number of anilines is 1. The monoisotopic (exact) mass is 436 g/mol. The van der Waals surface area contributed by atoms with Gasteiger partial charge in [0.1, 0.15) is 5.82 Å². The molecular weight excluding hydrogens is 408 g/mol. The molecule has 3 saturated heterocycles. The third-order valence-corrected chi connectivity index (χ3v) is 7.08. The molecule has 0 radical (unpaired) electrons. The molecule has 168 valence electrons. The summed E-state index contributed by atoms with van der Waals surface area (Å²) in [7, 11) is 1.59. The van der Waals surface area contributed by atoms with Gasteiger partial charge in [0, 0.05) is 30.5 Å². The standard InChI is InChI=1S/C23H28N6O3/c1-13-5-14-9-25-29(19(14)7-18(13)17-3-4-24-10-20(17)30)22-8-21(26-23(27-22)31-2)28-11-16-6-15(28)12-32-16/h5,7-9,15-17,20,24,30H,3-4,6,10-12H2,1-2H3/t15-,16-,17+,20+/m1/s1. The van der Waals surface area contributed by atoms with E-state index >= 15 is 0 Å². The highest BCUT2D eigenvalue weighted by atomic mass is 16.5. The molecule has 3 aliphatic heterocycles. The molecule has 32 heavy (non-hydrogen) atoms. The number of nitrogens with zero attached hydrogens (tertiary/aromatic N) is 5. The number of morpholine rings is 1. The van der Waals surface area contributed by atoms with Crippen molar-refractivity contribution in [1.82, 2.24) is 25.1 Å². The summed E-state index contributed by atoms with van der Waals surface area (Å²) in [5.74, 6) is 1.62. The number of hydrogen-bond acceptors (Lipinski definition) is 8. The van der Waals surface area contributed by atoms with Crippen LogP contribution >= 0.6 is 0 Å². The number of aliphatic hydroxyl groups is 1. The average molecular weight is 437 g/mol. The topological polar surface area (TPSA) is 97.6 Å². The predicted octanol–water partition coefficient (Wildman–Crippen LogP) is 1.55. The number of benzene rings is 1. The Hall–Kier alpha value is -2.75. The maximum Gasteiger partial charge on any atom is 0.320 e. The first kappa shape index (κ1) is 19.9. The fourth-order valence-electron chi connectivity index (χ4n) is 5.42. The molecule has 0 aliphatic carbocycles. The summed E-state index contributed by atoms with van der Waals surface area (Å²) in [5.41, 5.74) is 3.31. The molecule has 0 spiro atoms. The first-order chi connectivity index (χ1) is 15.6. The number of aliphatic hydroxyl groups excluding tert-OH is 1. The molecule has 9 nitrogen and oxygen atoms in total. The summed E-state index contributed by atoms with van der Waals surface area (Å²) in [6, 6.07) is 6.97. The van der Waals surface area contributed by atoms with E-state index in [-0.39, 0.29) is 12.0 Å². The van der Waals surface area contributed by atoms with Crippen LogP contribution < -0.4 is 15.0 Å². The predicted molar refractivity (Wildman–Crippen MR) is 120 cm³/mol. The minimum absolute atomic E-state index is 0.111. The van der Waals surface area contributed by atoms with Crippen molar-refractivity contribution >= 4 is 16.7 Å². The number of methoxy groups -OCH3 is 1. The van der Waals surface area contributed by atoms with E-state index in [9.17, 15) is 5.11 Å². The van der Waals surface area contributed by atoms with Crippen molar-refractivity contribution in [3.63, 3.8) is 0 Å². The highest BCUT2D eigenvalue weighted by Gasteiger charge is 2.40. The van der Waals surface area contributed by atoms with Gasteiger partial charge >= 0.3 is 6.01 Å². The van der Waals surface area contributed by atoms with Gasteiger partial charge in [-0.05, 0) is 49.6 Å². The third kappa shape index (κ3) is 3.23. The Morgan fingerprint density at radius 3 is 2.84 bits per heavy atom. The van der Waals surface area contributed by atoms with Crippen molar-refractivity contribution in [3.05, 3.63) is 35.5 Å². The molecular formula is C23H28N6O3. The molecule has 0 amide bonds. The zero-order valence-electron chi connectivity index (χ0n) is 18.4. The van der Waals surface area contributed by atoms with E-state index in [1.807, 2.05) is 16.9 Å². The first-order valence-electron chi connectivity index (χ1n) is 11.3. The Balaban J connectivity index is 1.44. The summed E-state index contributed by atoms with van der Waals surface area (Å²) in [5, 5.41) is 19.6. The fraction of sp³-hybridized carbons (Fsp3) is 0.522. The zero-order valence-corrected chi connectivity index (χ0v) is 18.4. The van der Waals surface area contributed by atoms with Crippen molar-refractivity contribution in [2.75, 3.05) is 38.3 Å². The van der Waals surface area contributed by atoms with Crippen LogP contribution in [0.2, 0.25) is 0 Å². The van der Waals surface area contributed by atoms with Gasteiger partial charge < -0.3 is 24.8 Å². The number of piperidine rings is 1. The Bertz CT molecular complexity index is 1160. The fourth-order valence-corrected chi connectivity index (χ4v) is 5.42. The van der Waals surface area contributed by atoms with Crippen molar-refractivity contribution in [2.45, 2.75) is 43.9 Å². The Labute approximate surface area is 186 Å². The van der Waals surface area contributed by atoms with E-state index in [1.165, 1.54) is 11.1 Å². The molecule has 9 heteroatoms. The van der Waals surface area contributed by atoms with Crippen LogP contribution in [0.15, 0.2) is 24.4 Å². The van der Waals surface area contributed by atoms with Crippen LogP contribution in [-0.2, 0) is 4.74 Å². The van der Waals surface area contributed by atoms with Crippen LogP contribution in [0.25, 0.3) is 16.7 Å². The second kappa shape index (κ2) is 7.68. The number of fused-ring (bicyclic) bond motifs is 3. The molecule has 3 fully saturated rings. The summed E-state index contributed by atoms with van der Waals surface area (Å²) < 4.78 is 13.0. The van der Waals surface area contributed by atoms with Gasteiger partial charge in [-0.1, -0.05) is 0 Å². The van der Waals surface area contributed by atoms with Gasteiger partial charge in [-0.3, -0.25) is 0 Å². The molecule has 0 saturated carbocycles. The molecule has 3 aromatic rings. The van der Waals surface area contributed by atoms with E-state index in [0.717, 1.165) is 49.3 Å². The first-order valence-corrected chi connectivity index (χ1v) is 11.3. The van der Waals surface area contributed by atoms with Crippen LogP contribution in [0.3, 0.4) is 0 Å². The summed E-state index contributed by atoms with van der Waals surface area (Å²) in [6.07, 6.45) is 3.69. The molecule has 0 unspecified atom stereocenters. The average Bonchev–Trinajstić information content (AvgIpc) is 3.54. The van der Waals surface area contributed by atoms with E-state index in [4.69, 9.17) is 9.47 Å². The molecule has 2 N–H and O–H groups in total. The lowest BCUT2D eigenvalue weighted by molar-refractivity contribution is 0.0988. The van der Waals surface area contributed by atoms with Gasteiger partial charge in [0.25, 0.3) is 0 Å². The molecule has 4 atom stereocenters. The second-order valence-corrected chi connectivity index (χ2v) is 9.06. The number of β-amino-alcohol motifs (C(OH)–C–C–N with tert-alkyl or cyclic N) is 1. The normalized spacial score (nSPS) is 27.4. The number of rotatable bonds is 4. The second-order valence-electron chi connectivity index (χ2n) is 9.06. The van der Waals surface area contributed by atoms with Gasteiger partial charge in [0.2, 0.25) is 0 Å². The quantitative estimate of drug-likeness (QED) is 0.636. The van der Waals surface area contributed by atoms with Gasteiger partial charge in [0.15, 0.2) is 5.82 Å². The van der Waals surface area contributed by atoms with Gasteiger partial charge in [-0.15, -0.1) is 0 Å². The van der Waals surface area contributed by atoms with Gasteiger partial charge in [-0.2, -0.15) is 15.1 Å².